The molecule has 0 bridgehead atoms. The van der Waals surface area contributed by atoms with Crippen molar-refractivity contribution < 1.29 is 12.8 Å². The Morgan fingerprint density at radius 2 is 1.84 bits per heavy atom. The van der Waals surface area contributed by atoms with Gasteiger partial charge in [0.15, 0.2) is 0 Å². The van der Waals surface area contributed by atoms with Crippen molar-refractivity contribution in [2.24, 2.45) is 5.92 Å². The number of rotatable bonds is 7. The topological polar surface area (TPSA) is 46.2 Å². The number of halogens is 2. The number of hydrogen-bond donors (Lipinski definition) is 1. The summed E-state index contributed by atoms with van der Waals surface area (Å²) in [4.78, 5) is -0.344. The van der Waals surface area contributed by atoms with E-state index in [0.29, 0.717) is 0 Å². The lowest BCUT2D eigenvalue weighted by Gasteiger charge is -2.19. The lowest BCUT2D eigenvalue weighted by molar-refractivity contribution is 0.459. The minimum atomic E-state index is -3.85. The second-order valence-electron chi connectivity index (χ2n) is 4.37. The molecule has 0 heterocycles. The van der Waals surface area contributed by atoms with Gasteiger partial charge in [-0.3, -0.25) is 0 Å². The van der Waals surface area contributed by atoms with Crippen LogP contribution in [0.2, 0.25) is 0 Å². The molecule has 0 aliphatic carbocycles. The SMILES string of the molecule is CCC(CC)C(Cl)CNS(=O)(=O)c1ccccc1F. The fraction of sp³-hybridized carbons (Fsp3) is 0.538. The van der Waals surface area contributed by atoms with Gasteiger partial charge in [-0.2, -0.15) is 0 Å². The van der Waals surface area contributed by atoms with Crippen molar-refractivity contribution in [1.29, 1.82) is 0 Å². The fourth-order valence-electron chi connectivity index (χ4n) is 1.90. The molecule has 0 fully saturated rings. The lowest BCUT2D eigenvalue weighted by Crippen LogP contribution is -2.33. The average Bonchev–Trinajstić information content (AvgIpc) is 2.38. The first-order valence-electron chi connectivity index (χ1n) is 6.30. The van der Waals surface area contributed by atoms with Gasteiger partial charge in [-0.15, -0.1) is 11.6 Å². The summed E-state index contributed by atoms with van der Waals surface area (Å²) in [5, 5.41) is -0.295. The molecule has 0 aromatic heterocycles. The molecule has 1 unspecified atom stereocenters. The van der Waals surface area contributed by atoms with Crippen LogP contribution in [-0.2, 0) is 10.0 Å². The zero-order valence-corrected chi connectivity index (χ0v) is 12.6. The highest BCUT2D eigenvalue weighted by Gasteiger charge is 2.22. The number of hydrogen-bond acceptors (Lipinski definition) is 2. The summed E-state index contributed by atoms with van der Waals surface area (Å²) in [6.07, 6.45) is 1.76. The van der Waals surface area contributed by atoms with Gasteiger partial charge in [0.1, 0.15) is 10.7 Å². The van der Waals surface area contributed by atoms with Crippen molar-refractivity contribution in [3.05, 3.63) is 30.1 Å². The van der Waals surface area contributed by atoms with Crippen molar-refractivity contribution in [1.82, 2.24) is 4.72 Å². The van der Waals surface area contributed by atoms with Crippen LogP contribution in [0.1, 0.15) is 26.7 Å². The van der Waals surface area contributed by atoms with Gasteiger partial charge in [0, 0.05) is 11.9 Å². The molecule has 0 saturated carbocycles. The molecule has 108 valence electrons. The number of sulfonamides is 1. The summed E-state index contributed by atoms with van der Waals surface area (Å²) in [5.74, 6) is -0.520. The molecule has 0 aliphatic heterocycles. The maximum atomic E-state index is 13.4. The monoisotopic (exact) mass is 307 g/mol. The van der Waals surface area contributed by atoms with Crippen LogP contribution >= 0.6 is 11.6 Å². The predicted octanol–water partition coefficient (Wildman–Crippen LogP) is 3.15. The summed E-state index contributed by atoms with van der Waals surface area (Å²) < 4.78 is 39.7. The van der Waals surface area contributed by atoms with Crippen LogP contribution in [0.15, 0.2) is 29.2 Å². The molecule has 6 heteroatoms. The third kappa shape index (κ3) is 4.44. The Hall–Kier alpha value is -0.650. The van der Waals surface area contributed by atoms with Gasteiger partial charge >= 0.3 is 0 Å². The number of nitrogens with one attached hydrogen (secondary N) is 1. The van der Waals surface area contributed by atoms with Crippen LogP contribution < -0.4 is 4.72 Å². The van der Waals surface area contributed by atoms with Gasteiger partial charge in [-0.05, 0) is 18.1 Å². The Balaban J connectivity index is 2.74. The Labute approximate surface area is 119 Å². The molecule has 1 N–H and O–H groups in total. The molecule has 3 nitrogen and oxygen atoms in total. The van der Waals surface area contributed by atoms with Crippen LogP contribution in [-0.4, -0.2) is 20.3 Å². The number of alkyl halides is 1. The summed E-state index contributed by atoms with van der Waals surface area (Å²) in [7, 11) is -3.85. The van der Waals surface area contributed by atoms with Crippen molar-refractivity contribution in [3.63, 3.8) is 0 Å². The van der Waals surface area contributed by atoms with Crippen molar-refractivity contribution in [2.45, 2.75) is 37.0 Å². The summed E-state index contributed by atoms with van der Waals surface area (Å²) in [6, 6.07) is 5.28. The van der Waals surface area contributed by atoms with E-state index in [-0.39, 0.29) is 22.7 Å². The molecule has 1 rings (SSSR count). The number of benzene rings is 1. The van der Waals surface area contributed by atoms with Crippen LogP contribution in [0.25, 0.3) is 0 Å². The van der Waals surface area contributed by atoms with E-state index in [1.165, 1.54) is 18.2 Å². The first-order valence-corrected chi connectivity index (χ1v) is 8.22. The molecule has 1 aromatic rings. The zero-order valence-electron chi connectivity index (χ0n) is 11.1. The van der Waals surface area contributed by atoms with E-state index in [1.54, 1.807) is 0 Å². The molecule has 0 amide bonds. The van der Waals surface area contributed by atoms with Crippen LogP contribution in [0.4, 0.5) is 4.39 Å². The minimum absolute atomic E-state index is 0.102. The van der Waals surface area contributed by atoms with Gasteiger partial charge in [-0.1, -0.05) is 38.8 Å². The minimum Gasteiger partial charge on any atom is -0.210 e. The van der Waals surface area contributed by atoms with E-state index in [9.17, 15) is 12.8 Å². The van der Waals surface area contributed by atoms with E-state index < -0.39 is 15.8 Å². The first-order chi connectivity index (χ1) is 8.92. The van der Waals surface area contributed by atoms with Gasteiger partial charge in [0.05, 0.1) is 0 Å². The van der Waals surface area contributed by atoms with E-state index in [0.717, 1.165) is 18.9 Å². The molecule has 1 aromatic carbocycles. The Morgan fingerprint density at radius 1 is 1.26 bits per heavy atom. The second-order valence-corrected chi connectivity index (χ2v) is 6.67. The molecule has 0 saturated heterocycles. The fourth-order valence-corrected chi connectivity index (χ4v) is 3.56. The van der Waals surface area contributed by atoms with E-state index >= 15 is 0 Å². The highest BCUT2D eigenvalue weighted by Crippen LogP contribution is 2.19. The smallest absolute Gasteiger partial charge is 0.210 e. The van der Waals surface area contributed by atoms with E-state index in [2.05, 4.69) is 4.72 Å². The molecule has 0 aliphatic rings. The third-order valence-corrected chi connectivity index (χ3v) is 5.12. The zero-order chi connectivity index (χ0) is 14.5. The van der Waals surface area contributed by atoms with Crippen LogP contribution in [0.5, 0.6) is 0 Å². The Kier molecular flexibility index (Phi) is 6.23. The average molecular weight is 308 g/mol. The quantitative estimate of drug-likeness (QED) is 0.787. The Bertz CT molecular complexity index is 503. The Morgan fingerprint density at radius 3 is 2.37 bits per heavy atom. The van der Waals surface area contributed by atoms with E-state index in [1.807, 2.05) is 13.8 Å². The molecular weight excluding hydrogens is 289 g/mol. The normalized spacial score (nSPS) is 13.7. The van der Waals surface area contributed by atoms with Crippen LogP contribution in [0, 0.1) is 11.7 Å². The molecule has 1 atom stereocenters. The summed E-state index contributed by atoms with van der Waals surface area (Å²) >= 11 is 6.16. The van der Waals surface area contributed by atoms with Crippen LogP contribution in [0.3, 0.4) is 0 Å². The standard InChI is InChI=1S/C13H19ClFNO2S/c1-3-10(4-2)11(14)9-16-19(17,18)13-8-6-5-7-12(13)15/h5-8,10-11,16H,3-4,9H2,1-2H3. The second kappa shape index (κ2) is 7.22. The predicted molar refractivity (Wildman–Crippen MR) is 75.3 cm³/mol. The molecule has 19 heavy (non-hydrogen) atoms. The van der Waals surface area contributed by atoms with Crippen molar-refractivity contribution in [3.8, 4) is 0 Å². The third-order valence-electron chi connectivity index (χ3n) is 3.15. The molecule has 0 radical (unpaired) electrons. The maximum absolute atomic E-state index is 13.4. The van der Waals surface area contributed by atoms with Gasteiger partial charge < -0.3 is 0 Å². The van der Waals surface area contributed by atoms with Gasteiger partial charge in [-0.25, -0.2) is 17.5 Å². The van der Waals surface area contributed by atoms with Crippen molar-refractivity contribution in [2.75, 3.05) is 6.54 Å². The van der Waals surface area contributed by atoms with Gasteiger partial charge in [0.25, 0.3) is 0 Å². The summed E-state index contributed by atoms with van der Waals surface area (Å²) in [6.45, 7) is 4.12. The van der Waals surface area contributed by atoms with Gasteiger partial charge in [0.2, 0.25) is 10.0 Å². The first kappa shape index (κ1) is 16.4. The summed E-state index contributed by atoms with van der Waals surface area (Å²) in [5.41, 5.74) is 0. The maximum Gasteiger partial charge on any atom is 0.243 e. The molecular formula is C13H19ClFNO2S. The highest BCUT2D eigenvalue weighted by molar-refractivity contribution is 7.89. The lowest BCUT2D eigenvalue weighted by atomic mass is 9.99. The highest BCUT2D eigenvalue weighted by atomic mass is 35.5. The largest absolute Gasteiger partial charge is 0.243 e. The molecule has 0 spiro atoms. The van der Waals surface area contributed by atoms with Crippen molar-refractivity contribution >= 4 is 21.6 Å². The van der Waals surface area contributed by atoms with E-state index in [4.69, 9.17) is 11.6 Å².